The Kier molecular flexibility index (Phi) is 6.93. The van der Waals surface area contributed by atoms with Crippen molar-refractivity contribution in [3.8, 4) is 0 Å². The molecular formula is C16H30N2O3. The van der Waals surface area contributed by atoms with Crippen molar-refractivity contribution in [2.75, 3.05) is 19.8 Å². The molecule has 2 aliphatic rings. The van der Waals surface area contributed by atoms with Crippen molar-refractivity contribution in [3.63, 3.8) is 0 Å². The van der Waals surface area contributed by atoms with Crippen molar-refractivity contribution >= 4 is 5.91 Å². The summed E-state index contributed by atoms with van der Waals surface area (Å²) in [6, 6.07) is 0.0894. The van der Waals surface area contributed by atoms with Crippen LogP contribution in [0.1, 0.15) is 51.9 Å². The highest BCUT2D eigenvalue weighted by Crippen LogP contribution is 2.26. The zero-order chi connectivity index (χ0) is 15.1. The number of amides is 1. The van der Waals surface area contributed by atoms with Crippen LogP contribution in [0, 0.1) is 5.92 Å². The minimum atomic E-state index is -0.438. The topological polar surface area (TPSA) is 73.6 Å². The van der Waals surface area contributed by atoms with Crippen LogP contribution in [0.4, 0.5) is 0 Å². The Balaban J connectivity index is 1.72. The maximum atomic E-state index is 12.2. The lowest BCUT2D eigenvalue weighted by Crippen LogP contribution is -2.49. The van der Waals surface area contributed by atoms with Crippen LogP contribution in [0.15, 0.2) is 0 Å². The summed E-state index contributed by atoms with van der Waals surface area (Å²) in [5.41, 5.74) is 5.85. The van der Waals surface area contributed by atoms with E-state index in [9.17, 15) is 4.79 Å². The number of nitrogens with two attached hydrogens (primary N) is 1. The van der Waals surface area contributed by atoms with Gasteiger partial charge in [0.25, 0.3) is 0 Å². The van der Waals surface area contributed by atoms with Gasteiger partial charge in [-0.1, -0.05) is 19.3 Å². The lowest BCUT2D eigenvalue weighted by molar-refractivity contribution is -0.134. The second-order valence-corrected chi connectivity index (χ2v) is 6.36. The quantitative estimate of drug-likeness (QED) is 0.748. The third-order valence-corrected chi connectivity index (χ3v) is 4.73. The molecule has 1 amide bonds. The smallest absolute Gasteiger partial charge is 0.249 e. The van der Waals surface area contributed by atoms with Crippen LogP contribution in [0.2, 0.25) is 0 Å². The van der Waals surface area contributed by atoms with E-state index >= 15 is 0 Å². The highest BCUT2D eigenvalue weighted by atomic mass is 16.5. The Morgan fingerprint density at radius 1 is 1.29 bits per heavy atom. The fourth-order valence-corrected chi connectivity index (χ4v) is 3.31. The van der Waals surface area contributed by atoms with Crippen LogP contribution < -0.4 is 11.1 Å². The lowest BCUT2D eigenvalue weighted by Gasteiger charge is -2.31. The molecule has 3 unspecified atom stereocenters. The average molecular weight is 298 g/mol. The molecule has 2 fully saturated rings. The first-order chi connectivity index (χ1) is 10.2. The van der Waals surface area contributed by atoms with Crippen molar-refractivity contribution in [2.45, 2.75) is 70.1 Å². The Bertz CT molecular complexity index is 313. The van der Waals surface area contributed by atoms with Crippen LogP contribution >= 0.6 is 0 Å². The summed E-state index contributed by atoms with van der Waals surface area (Å²) in [7, 11) is 0. The van der Waals surface area contributed by atoms with Crippen molar-refractivity contribution in [1.82, 2.24) is 5.32 Å². The SMILES string of the molecule is CC(OCC1CCCO1)C(=O)NC(CN)C1CCCCC1. The van der Waals surface area contributed by atoms with Gasteiger partial charge in [0, 0.05) is 19.2 Å². The molecule has 2 rings (SSSR count). The van der Waals surface area contributed by atoms with Gasteiger partial charge in [0.1, 0.15) is 6.10 Å². The molecule has 21 heavy (non-hydrogen) atoms. The average Bonchev–Trinajstić information content (AvgIpc) is 3.04. The molecule has 122 valence electrons. The highest BCUT2D eigenvalue weighted by Gasteiger charge is 2.26. The fraction of sp³-hybridized carbons (Fsp3) is 0.938. The minimum Gasteiger partial charge on any atom is -0.376 e. The Hall–Kier alpha value is -0.650. The molecule has 0 aromatic heterocycles. The summed E-state index contributed by atoms with van der Waals surface area (Å²) in [5.74, 6) is 0.479. The molecule has 1 saturated heterocycles. The van der Waals surface area contributed by atoms with Gasteiger partial charge in [-0.05, 0) is 38.5 Å². The molecule has 0 aromatic carbocycles. The van der Waals surface area contributed by atoms with Gasteiger partial charge in [-0.25, -0.2) is 0 Å². The molecule has 1 aliphatic carbocycles. The third kappa shape index (κ3) is 5.24. The summed E-state index contributed by atoms with van der Waals surface area (Å²) in [6.45, 7) is 3.63. The predicted octanol–water partition coefficient (Wildman–Crippen LogP) is 1.59. The number of carbonyl (C=O) groups is 1. The molecular weight excluding hydrogens is 268 g/mol. The van der Waals surface area contributed by atoms with Crippen LogP contribution in [0.25, 0.3) is 0 Å². The summed E-state index contributed by atoms with van der Waals surface area (Å²) in [5, 5.41) is 3.08. The molecule has 5 heteroatoms. The van der Waals surface area contributed by atoms with Gasteiger partial charge in [-0.3, -0.25) is 4.79 Å². The van der Waals surface area contributed by atoms with Crippen LogP contribution in [-0.4, -0.2) is 43.9 Å². The molecule has 0 spiro atoms. The van der Waals surface area contributed by atoms with E-state index in [2.05, 4.69) is 5.32 Å². The second-order valence-electron chi connectivity index (χ2n) is 6.36. The monoisotopic (exact) mass is 298 g/mol. The summed E-state index contributed by atoms with van der Waals surface area (Å²) in [6.07, 6.45) is 8.00. The first kappa shape index (κ1) is 16.7. The van der Waals surface area contributed by atoms with Crippen LogP contribution in [0.5, 0.6) is 0 Å². The van der Waals surface area contributed by atoms with E-state index in [1.165, 1.54) is 32.1 Å². The third-order valence-electron chi connectivity index (χ3n) is 4.73. The standard InChI is InChI=1S/C16H30N2O3/c1-12(21-11-14-8-5-9-20-14)16(19)18-15(10-17)13-6-3-2-4-7-13/h12-15H,2-11,17H2,1H3,(H,18,19). The van der Waals surface area contributed by atoms with E-state index in [1.807, 2.05) is 0 Å². The number of hydrogen-bond donors (Lipinski definition) is 2. The molecule has 1 heterocycles. The Labute approximate surface area is 127 Å². The molecule has 0 radical (unpaired) electrons. The Morgan fingerprint density at radius 3 is 2.67 bits per heavy atom. The number of nitrogens with one attached hydrogen (secondary N) is 1. The fourth-order valence-electron chi connectivity index (χ4n) is 3.31. The molecule has 1 aliphatic heterocycles. The number of carbonyl (C=O) groups excluding carboxylic acids is 1. The van der Waals surface area contributed by atoms with E-state index in [-0.39, 0.29) is 18.1 Å². The Morgan fingerprint density at radius 2 is 2.05 bits per heavy atom. The lowest BCUT2D eigenvalue weighted by atomic mass is 9.84. The minimum absolute atomic E-state index is 0.0472. The van der Waals surface area contributed by atoms with E-state index in [1.54, 1.807) is 6.92 Å². The number of hydrogen-bond acceptors (Lipinski definition) is 4. The van der Waals surface area contributed by atoms with Crippen LogP contribution in [0.3, 0.4) is 0 Å². The van der Waals surface area contributed by atoms with E-state index in [0.717, 1.165) is 19.4 Å². The first-order valence-corrected chi connectivity index (χ1v) is 8.44. The summed E-state index contributed by atoms with van der Waals surface area (Å²) < 4.78 is 11.1. The molecule has 0 bridgehead atoms. The van der Waals surface area contributed by atoms with Crippen molar-refractivity contribution in [1.29, 1.82) is 0 Å². The number of rotatable bonds is 7. The summed E-state index contributed by atoms with van der Waals surface area (Å²) in [4.78, 5) is 12.2. The zero-order valence-corrected chi connectivity index (χ0v) is 13.2. The normalized spacial score (nSPS) is 26.5. The molecule has 0 aromatic rings. The first-order valence-electron chi connectivity index (χ1n) is 8.44. The molecule has 3 atom stereocenters. The van der Waals surface area contributed by atoms with E-state index in [4.69, 9.17) is 15.2 Å². The second kappa shape index (κ2) is 8.71. The zero-order valence-electron chi connectivity index (χ0n) is 13.2. The molecule has 1 saturated carbocycles. The maximum absolute atomic E-state index is 12.2. The van der Waals surface area contributed by atoms with Gasteiger partial charge in [-0.15, -0.1) is 0 Å². The van der Waals surface area contributed by atoms with E-state index < -0.39 is 6.10 Å². The van der Waals surface area contributed by atoms with Gasteiger partial charge in [0.05, 0.1) is 12.7 Å². The van der Waals surface area contributed by atoms with Crippen LogP contribution in [-0.2, 0) is 14.3 Å². The number of ether oxygens (including phenoxy) is 2. The predicted molar refractivity (Wildman–Crippen MR) is 81.9 cm³/mol. The largest absolute Gasteiger partial charge is 0.376 e. The van der Waals surface area contributed by atoms with Crippen molar-refractivity contribution in [2.24, 2.45) is 11.7 Å². The summed E-state index contributed by atoms with van der Waals surface area (Å²) >= 11 is 0. The van der Waals surface area contributed by atoms with Gasteiger partial charge < -0.3 is 20.5 Å². The molecule has 3 N–H and O–H groups in total. The van der Waals surface area contributed by atoms with E-state index in [0.29, 0.717) is 19.1 Å². The van der Waals surface area contributed by atoms with Gasteiger partial charge in [0.2, 0.25) is 5.91 Å². The van der Waals surface area contributed by atoms with Crippen molar-refractivity contribution in [3.05, 3.63) is 0 Å². The van der Waals surface area contributed by atoms with Gasteiger partial charge in [0.15, 0.2) is 0 Å². The molecule has 5 nitrogen and oxygen atoms in total. The highest BCUT2D eigenvalue weighted by molar-refractivity contribution is 5.80. The van der Waals surface area contributed by atoms with Gasteiger partial charge >= 0.3 is 0 Å². The van der Waals surface area contributed by atoms with Crippen molar-refractivity contribution < 1.29 is 14.3 Å². The maximum Gasteiger partial charge on any atom is 0.249 e. The van der Waals surface area contributed by atoms with Gasteiger partial charge in [-0.2, -0.15) is 0 Å².